The molecule has 0 spiro atoms. The topological polar surface area (TPSA) is 76.9 Å². The van der Waals surface area contributed by atoms with Gasteiger partial charge in [-0.2, -0.15) is 4.72 Å². The predicted octanol–water partition coefficient (Wildman–Crippen LogP) is 1.02. The van der Waals surface area contributed by atoms with Crippen LogP contribution in [0.4, 0.5) is 4.39 Å². The second-order valence-electron chi connectivity index (χ2n) is 4.30. The average Bonchev–Trinajstić information content (AvgIpc) is 2.82. The van der Waals surface area contributed by atoms with Gasteiger partial charge < -0.3 is 4.57 Å². The van der Waals surface area contributed by atoms with E-state index < -0.39 is 16.3 Å². The van der Waals surface area contributed by atoms with Gasteiger partial charge in [-0.3, -0.25) is 0 Å². The Hall–Kier alpha value is -1.80. The van der Waals surface area contributed by atoms with E-state index in [1.54, 1.807) is 29.8 Å². The molecule has 1 heterocycles. The Labute approximate surface area is 116 Å². The van der Waals surface area contributed by atoms with Crippen LogP contribution in [0, 0.1) is 0 Å². The number of nitrogens with zero attached hydrogens (tertiary/aromatic N) is 3. The lowest BCUT2D eigenvalue weighted by molar-refractivity contribution is 0.294. The van der Waals surface area contributed by atoms with Crippen molar-refractivity contribution < 1.29 is 12.8 Å². The van der Waals surface area contributed by atoms with Crippen molar-refractivity contribution in [2.45, 2.75) is 24.0 Å². The van der Waals surface area contributed by atoms with Crippen molar-refractivity contribution in [2.75, 3.05) is 0 Å². The number of rotatable bonds is 6. The van der Waals surface area contributed by atoms with Crippen molar-refractivity contribution in [1.82, 2.24) is 19.5 Å². The van der Waals surface area contributed by atoms with Crippen LogP contribution in [0.5, 0.6) is 0 Å². The molecule has 0 saturated carbocycles. The first kappa shape index (κ1) is 14.6. The highest BCUT2D eigenvalue weighted by atomic mass is 32.2. The molecule has 108 valence electrons. The van der Waals surface area contributed by atoms with Crippen LogP contribution in [0.3, 0.4) is 0 Å². The minimum Gasteiger partial charge on any atom is -0.321 e. The fourth-order valence-corrected chi connectivity index (χ4v) is 2.79. The van der Waals surface area contributed by atoms with Gasteiger partial charge in [0.15, 0.2) is 6.30 Å². The molecule has 2 aromatic rings. The molecule has 0 saturated heterocycles. The second kappa shape index (κ2) is 6.10. The monoisotopic (exact) mass is 298 g/mol. The quantitative estimate of drug-likeness (QED) is 0.808. The van der Waals surface area contributed by atoms with Crippen LogP contribution >= 0.6 is 0 Å². The molecule has 1 N–H and O–H groups in total. The lowest BCUT2D eigenvalue weighted by Crippen LogP contribution is -2.32. The molecular weight excluding hydrogens is 283 g/mol. The highest BCUT2D eigenvalue weighted by molar-refractivity contribution is 7.89. The number of aromatic nitrogens is 3. The lowest BCUT2D eigenvalue weighted by atomic mass is 10.3. The molecule has 1 unspecified atom stereocenters. The minimum atomic E-state index is -3.83. The molecule has 6 nitrogen and oxygen atoms in total. The van der Waals surface area contributed by atoms with Crippen molar-refractivity contribution >= 4 is 10.0 Å². The fraction of sp³-hybridized carbons (Fsp3) is 0.333. The minimum absolute atomic E-state index is 0.00139. The highest BCUT2D eigenvalue weighted by Crippen LogP contribution is 2.10. The summed E-state index contributed by atoms with van der Waals surface area (Å²) in [4.78, 5) is 0.0429. The zero-order valence-electron chi connectivity index (χ0n) is 10.9. The van der Waals surface area contributed by atoms with E-state index in [2.05, 4.69) is 10.2 Å². The molecule has 0 aliphatic heterocycles. The molecule has 8 heteroatoms. The summed E-state index contributed by atoms with van der Waals surface area (Å²) in [5.74, 6) is 0.603. The van der Waals surface area contributed by atoms with E-state index >= 15 is 0 Å². The Morgan fingerprint density at radius 3 is 2.65 bits per heavy atom. The summed E-state index contributed by atoms with van der Waals surface area (Å²) in [5.41, 5.74) is 0. The maximum atomic E-state index is 13.8. The van der Waals surface area contributed by atoms with Crippen LogP contribution in [0.25, 0.3) is 0 Å². The summed E-state index contributed by atoms with van der Waals surface area (Å²) < 4.78 is 41.2. The number of alkyl halides is 1. The van der Waals surface area contributed by atoms with E-state index in [1.165, 1.54) is 18.5 Å². The van der Waals surface area contributed by atoms with Gasteiger partial charge in [-0.1, -0.05) is 18.2 Å². The number of benzene rings is 1. The Morgan fingerprint density at radius 2 is 2.05 bits per heavy atom. The zero-order valence-corrected chi connectivity index (χ0v) is 11.7. The van der Waals surface area contributed by atoms with Gasteiger partial charge in [-0.25, -0.2) is 12.8 Å². The van der Waals surface area contributed by atoms with Crippen molar-refractivity contribution in [2.24, 2.45) is 7.05 Å². The normalized spacial score (nSPS) is 13.3. The number of sulfonamides is 1. The molecule has 0 fully saturated rings. The van der Waals surface area contributed by atoms with E-state index in [4.69, 9.17) is 0 Å². The number of halogens is 1. The molecule has 1 atom stereocenters. The van der Waals surface area contributed by atoms with Crippen LogP contribution in [-0.2, 0) is 23.5 Å². The van der Waals surface area contributed by atoms with Crippen LogP contribution in [-0.4, -0.2) is 29.5 Å². The zero-order chi connectivity index (χ0) is 14.6. The van der Waals surface area contributed by atoms with Gasteiger partial charge in [0.05, 0.1) is 4.90 Å². The van der Waals surface area contributed by atoms with E-state index in [0.717, 1.165) is 0 Å². The molecule has 0 aliphatic rings. The smallest absolute Gasteiger partial charge is 0.242 e. The Bertz CT molecular complexity index is 657. The van der Waals surface area contributed by atoms with Crippen LogP contribution < -0.4 is 4.72 Å². The van der Waals surface area contributed by atoms with Crippen molar-refractivity contribution in [3.05, 3.63) is 42.5 Å². The van der Waals surface area contributed by atoms with Gasteiger partial charge in [0.2, 0.25) is 10.0 Å². The van der Waals surface area contributed by atoms with E-state index in [0.29, 0.717) is 12.2 Å². The summed E-state index contributed by atoms with van der Waals surface area (Å²) in [5, 5.41) is 7.49. The van der Waals surface area contributed by atoms with Gasteiger partial charge >= 0.3 is 0 Å². The van der Waals surface area contributed by atoms with Gasteiger partial charge in [-0.05, 0) is 12.1 Å². The number of nitrogens with one attached hydrogen (secondary N) is 1. The van der Waals surface area contributed by atoms with Gasteiger partial charge in [-0.15, -0.1) is 10.2 Å². The maximum absolute atomic E-state index is 13.8. The van der Waals surface area contributed by atoms with Gasteiger partial charge in [0.25, 0.3) is 0 Å². The third-order valence-corrected chi connectivity index (χ3v) is 4.22. The summed E-state index contributed by atoms with van der Waals surface area (Å²) in [6, 6.07) is 7.69. The summed E-state index contributed by atoms with van der Waals surface area (Å²) in [6.07, 6.45) is 0.140. The fourth-order valence-electron chi connectivity index (χ4n) is 1.68. The first-order valence-corrected chi connectivity index (χ1v) is 7.51. The van der Waals surface area contributed by atoms with Crippen LogP contribution in [0.2, 0.25) is 0 Å². The summed E-state index contributed by atoms with van der Waals surface area (Å²) in [7, 11) is -2.08. The molecule has 20 heavy (non-hydrogen) atoms. The molecule has 0 aliphatic carbocycles. The highest BCUT2D eigenvalue weighted by Gasteiger charge is 2.19. The Morgan fingerprint density at radius 1 is 1.35 bits per heavy atom. The number of hydrogen-bond acceptors (Lipinski definition) is 4. The predicted molar refractivity (Wildman–Crippen MR) is 71.0 cm³/mol. The van der Waals surface area contributed by atoms with E-state index in [9.17, 15) is 12.8 Å². The standard InChI is InChI=1S/C12H15FN4O2S/c1-17-9-14-15-12(17)8-7-11(13)16-20(18,19)10-5-3-2-4-6-10/h2-6,9,11,16H,7-8H2,1H3. The van der Waals surface area contributed by atoms with Crippen LogP contribution in [0.1, 0.15) is 12.2 Å². The van der Waals surface area contributed by atoms with Gasteiger partial charge in [0, 0.05) is 19.9 Å². The number of hydrogen-bond donors (Lipinski definition) is 1. The Kier molecular flexibility index (Phi) is 4.46. The summed E-state index contributed by atoms with van der Waals surface area (Å²) >= 11 is 0. The number of aryl methyl sites for hydroxylation is 2. The van der Waals surface area contributed by atoms with E-state index in [1.807, 2.05) is 4.72 Å². The molecular formula is C12H15FN4O2S. The molecule has 1 aromatic heterocycles. The van der Waals surface area contributed by atoms with Crippen molar-refractivity contribution in [3.8, 4) is 0 Å². The molecule has 0 radical (unpaired) electrons. The largest absolute Gasteiger partial charge is 0.321 e. The van der Waals surface area contributed by atoms with Gasteiger partial charge in [0.1, 0.15) is 12.2 Å². The van der Waals surface area contributed by atoms with E-state index in [-0.39, 0.29) is 11.3 Å². The Balaban J connectivity index is 1.94. The second-order valence-corrected chi connectivity index (χ2v) is 6.01. The third-order valence-electron chi connectivity index (χ3n) is 2.76. The third kappa shape index (κ3) is 3.61. The summed E-state index contributed by atoms with van der Waals surface area (Å²) in [6.45, 7) is 0. The SMILES string of the molecule is Cn1cnnc1CCC(F)NS(=O)(=O)c1ccccc1. The average molecular weight is 298 g/mol. The molecule has 0 amide bonds. The first-order chi connectivity index (χ1) is 9.49. The molecule has 0 bridgehead atoms. The molecule has 1 aromatic carbocycles. The maximum Gasteiger partial charge on any atom is 0.242 e. The van der Waals surface area contributed by atoms with Crippen molar-refractivity contribution in [3.63, 3.8) is 0 Å². The lowest BCUT2D eigenvalue weighted by Gasteiger charge is -2.11. The van der Waals surface area contributed by atoms with Crippen molar-refractivity contribution in [1.29, 1.82) is 0 Å². The first-order valence-electron chi connectivity index (χ1n) is 6.03. The van der Waals surface area contributed by atoms with Crippen LogP contribution in [0.15, 0.2) is 41.6 Å². The molecule has 2 rings (SSSR count).